The zero-order valence-corrected chi connectivity index (χ0v) is 19.5. The number of halogens is 1. The van der Waals surface area contributed by atoms with Crippen LogP contribution in [-0.4, -0.2) is 42.0 Å². The van der Waals surface area contributed by atoms with Crippen LogP contribution in [0.25, 0.3) is 11.0 Å². The van der Waals surface area contributed by atoms with Crippen LogP contribution in [0.4, 0.5) is 10.5 Å². The molecule has 8 heteroatoms. The summed E-state index contributed by atoms with van der Waals surface area (Å²) in [7, 11) is 0. The maximum absolute atomic E-state index is 13.0. The van der Waals surface area contributed by atoms with Crippen LogP contribution in [0.2, 0.25) is 5.02 Å². The molecule has 2 fully saturated rings. The Hall–Kier alpha value is -2.25. The lowest BCUT2D eigenvalue weighted by Crippen LogP contribution is -2.52. The Bertz CT molecular complexity index is 1050. The van der Waals surface area contributed by atoms with Gasteiger partial charge < -0.3 is 25.3 Å². The number of urea groups is 1. The first-order chi connectivity index (χ1) is 15.4. The molecule has 1 aromatic heterocycles. The second kappa shape index (κ2) is 8.27. The third-order valence-electron chi connectivity index (χ3n) is 7.35. The Morgan fingerprint density at radius 1 is 1.22 bits per heavy atom. The summed E-state index contributed by atoms with van der Waals surface area (Å²) < 4.78 is 6.17. The van der Waals surface area contributed by atoms with Crippen molar-refractivity contribution in [2.75, 3.05) is 18.4 Å². The molecule has 0 bridgehead atoms. The minimum Gasteiger partial charge on any atom is -0.450 e. The first-order valence-electron chi connectivity index (χ1n) is 11.8. The molecule has 1 saturated carbocycles. The van der Waals surface area contributed by atoms with Gasteiger partial charge in [0.2, 0.25) is 0 Å². The van der Waals surface area contributed by atoms with Crippen LogP contribution in [0, 0.1) is 0 Å². The average molecular weight is 459 g/mol. The van der Waals surface area contributed by atoms with Crippen LogP contribution >= 0.6 is 11.6 Å². The van der Waals surface area contributed by atoms with Crippen molar-refractivity contribution < 1.29 is 14.0 Å². The lowest BCUT2D eigenvalue weighted by molar-refractivity contribution is 0.0875. The second-order valence-electron chi connectivity index (χ2n) is 9.74. The van der Waals surface area contributed by atoms with Gasteiger partial charge in [0.15, 0.2) is 5.76 Å². The maximum Gasteiger partial charge on any atom is 0.319 e. The van der Waals surface area contributed by atoms with Crippen LogP contribution in [0.3, 0.4) is 0 Å². The van der Waals surface area contributed by atoms with E-state index in [4.69, 9.17) is 16.0 Å². The van der Waals surface area contributed by atoms with E-state index in [9.17, 15) is 9.59 Å². The summed E-state index contributed by atoms with van der Waals surface area (Å²) >= 11 is 6.58. The quantitative estimate of drug-likeness (QED) is 0.605. The molecule has 1 aromatic carbocycles. The Balaban J connectivity index is 1.45. The molecule has 1 saturated heterocycles. The first kappa shape index (κ1) is 21.6. The van der Waals surface area contributed by atoms with Crippen LogP contribution in [0.5, 0.6) is 0 Å². The molecule has 3 aliphatic rings. The minimum atomic E-state index is -0.506. The summed E-state index contributed by atoms with van der Waals surface area (Å²) in [5, 5.41) is 10.4. The van der Waals surface area contributed by atoms with Crippen LogP contribution in [-0.2, 0) is 5.54 Å². The molecule has 7 nitrogen and oxygen atoms in total. The minimum absolute atomic E-state index is 0.147. The summed E-state index contributed by atoms with van der Waals surface area (Å²) in [6.07, 6.45) is 6.73. The highest BCUT2D eigenvalue weighted by Gasteiger charge is 2.44. The number of benzene rings is 1. The molecule has 2 aromatic rings. The summed E-state index contributed by atoms with van der Waals surface area (Å²) in [4.78, 5) is 27.9. The van der Waals surface area contributed by atoms with Crippen LogP contribution < -0.4 is 16.0 Å². The number of hydrogen-bond donors (Lipinski definition) is 3. The molecule has 3 heterocycles. The lowest BCUT2D eigenvalue weighted by Gasteiger charge is -2.42. The Morgan fingerprint density at radius 3 is 2.62 bits per heavy atom. The lowest BCUT2D eigenvalue weighted by atomic mass is 9.74. The third kappa shape index (κ3) is 3.75. The maximum atomic E-state index is 13.0. The number of carbonyl (C=O) groups excluding carboxylic acids is 2. The van der Waals surface area contributed by atoms with Gasteiger partial charge in [-0.2, -0.15) is 0 Å². The van der Waals surface area contributed by atoms with Gasteiger partial charge in [-0.1, -0.05) is 30.9 Å². The molecule has 32 heavy (non-hydrogen) atoms. The Kier molecular flexibility index (Phi) is 5.58. The molecule has 172 valence electrons. The number of nitrogens with one attached hydrogen (secondary N) is 3. The molecular weight excluding hydrogens is 428 g/mol. The van der Waals surface area contributed by atoms with E-state index >= 15 is 0 Å². The summed E-state index contributed by atoms with van der Waals surface area (Å²) in [5.74, 6) is 0.0955. The number of carbonyl (C=O) groups is 2. The van der Waals surface area contributed by atoms with Crippen molar-refractivity contribution in [2.45, 2.75) is 76.4 Å². The first-order valence-corrected chi connectivity index (χ1v) is 12.1. The summed E-state index contributed by atoms with van der Waals surface area (Å²) in [6, 6.07) is 3.98. The van der Waals surface area contributed by atoms with Crippen molar-refractivity contribution in [2.24, 2.45) is 0 Å². The van der Waals surface area contributed by atoms with E-state index in [0.29, 0.717) is 28.1 Å². The summed E-state index contributed by atoms with van der Waals surface area (Å²) in [6.45, 7) is 6.38. The molecule has 3 amide bonds. The Morgan fingerprint density at radius 2 is 1.94 bits per heavy atom. The van der Waals surface area contributed by atoms with Gasteiger partial charge in [-0.15, -0.1) is 0 Å². The van der Waals surface area contributed by atoms with Crippen molar-refractivity contribution in [1.82, 2.24) is 15.5 Å². The predicted molar refractivity (Wildman–Crippen MR) is 125 cm³/mol. The zero-order chi connectivity index (χ0) is 22.5. The predicted octanol–water partition coefficient (Wildman–Crippen LogP) is 4.98. The van der Waals surface area contributed by atoms with Gasteiger partial charge in [0.25, 0.3) is 5.91 Å². The van der Waals surface area contributed by atoms with Gasteiger partial charge >= 0.3 is 6.03 Å². The van der Waals surface area contributed by atoms with Crippen molar-refractivity contribution >= 4 is 40.2 Å². The van der Waals surface area contributed by atoms with Gasteiger partial charge in [0.05, 0.1) is 16.2 Å². The molecule has 0 atom stereocenters. The number of piperidine rings is 1. The standard InChI is InChI=1S/C24H31ClN4O3/c1-14(2)29-10-6-16(7-11-29)26-22(30)18-13-15-12-17(25)20-19(21(15)32-18)24(28-23(31)27-20)8-4-3-5-9-24/h12-14,16H,3-11H2,1-2H3,(H,26,30)(H2,27,28,31). The zero-order valence-electron chi connectivity index (χ0n) is 18.7. The van der Waals surface area contributed by atoms with Crippen molar-refractivity contribution in [3.8, 4) is 0 Å². The fraction of sp³-hybridized carbons (Fsp3) is 0.583. The van der Waals surface area contributed by atoms with E-state index in [0.717, 1.165) is 69.0 Å². The summed E-state index contributed by atoms with van der Waals surface area (Å²) in [5.41, 5.74) is 1.61. The van der Waals surface area contributed by atoms with Crippen molar-refractivity contribution in [3.63, 3.8) is 0 Å². The molecule has 0 radical (unpaired) electrons. The van der Waals surface area contributed by atoms with E-state index < -0.39 is 5.54 Å². The number of anilines is 1. The smallest absolute Gasteiger partial charge is 0.319 e. The van der Waals surface area contributed by atoms with Crippen LogP contribution in [0.15, 0.2) is 16.5 Å². The fourth-order valence-corrected chi connectivity index (χ4v) is 5.87. The normalized spacial score (nSPS) is 21.4. The number of nitrogens with zero attached hydrogens (tertiary/aromatic N) is 1. The number of fused-ring (bicyclic) bond motifs is 4. The van der Waals surface area contributed by atoms with Gasteiger partial charge in [-0.3, -0.25) is 4.79 Å². The monoisotopic (exact) mass is 458 g/mol. The van der Waals surface area contributed by atoms with E-state index in [-0.39, 0.29) is 18.0 Å². The molecule has 0 unspecified atom stereocenters. The number of furan rings is 1. The number of likely N-dealkylation sites (tertiary alicyclic amines) is 1. The van der Waals surface area contributed by atoms with Gasteiger partial charge in [0.1, 0.15) is 5.58 Å². The highest BCUT2D eigenvalue weighted by Crippen LogP contribution is 2.48. The second-order valence-corrected chi connectivity index (χ2v) is 10.1. The largest absolute Gasteiger partial charge is 0.450 e. The topological polar surface area (TPSA) is 86.6 Å². The van der Waals surface area contributed by atoms with E-state index in [1.54, 1.807) is 12.1 Å². The van der Waals surface area contributed by atoms with Crippen LogP contribution in [0.1, 0.15) is 74.9 Å². The Labute approximate surface area is 193 Å². The highest BCUT2D eigenvalue weighted by atomic mass is 35.5. The average Bonchev–Trinajstić information content (AvgIpc) is 3.18. The van der Waals surface area contributed by atoms with Crippen molar-refractivity contribution in [3.05, 3.63) is 28.5 Å². The number of hydrogen-bond acceptors (Lipinski definition) is 4. The molecule has 5 rings (SSSR count). The number of rotatable bonds is 3. The third-order valence-corrected chi connectivity index (χ3v) is 7.65. The molecular formula is C24H31ClN4O3. The molecule has 2 aliphatic heterocycles. The number of amides is 3. The van der Waals surface area contributed by atoms with E-state index in [1.807, 2.05) is 0 Å². The van der Waals surface area contributed by atoms with Gasteiger partial charge in [0, 0.05) is 36.1 Å². The SMILES string of the molecule is CC(C)N1CCC(NC(=O)c2cc3cc(Cl)c4c(c3o2)C2(CCCCC2)NC(=O)N4)CC1. The molecule has 1 aliphatic carbocycles. The fourth-order valence-electron chi connectivity index (χ4n) is 5.61. The van der Waals surface area contributed by atoms with Crippen molar-refractivity contribution in [1.29, 1.82) is 0 Å². The molecule has 1 spiro atoms. The van der Waals surface area contributed by atoms with E-state index in [1.165, 1.54) is 0 Å². The van der Waals surface area contributed by atoms with Gasteiger partial charge in [-0.25, -0.2) is 4.79 Å². The van der Waals surface area contributed by atoms with E-state index in [2.05, 4.69) is 34.7 Å². The highest BCUT2D eigenvalue weighted by molar-refractivity contribution is 6.35. The van der Waals surface area contributed by atoms with Gasteiger partial charge in [-0.05, 0) is 51.7 Å². The molecule has 3 N–H and O–H groups in total.